The van der Waals surface area contributed by atoms with E-state index in [1.807, 2.05) is 0 Å². The third-order valence-corrected chi connectivity index (χ3v) is 7.66. The van der Waals surface area contributed by atoms with Crippen molar-refractivity contribution in [3.63, 3.8) is 0 Å². The molecule has 0 amide bonds. The van der Waals surface area contributed by atoms with Crippen molar-refractivity contribution in [1.29, 1.82) is 5.26 Å². The van der Waals surface area contributed by atoms with Crippen LogP contribution in [0.5, 0.6) is 0 Å². The molecule has 0 aliphatic rings. The van der Waals surface area contributed by atoms with Crippen molar-refractivity contribution in [2.75, 3.05) is 0 Å². The third-order valence-electron chi connectivity index (χ3n) is 7.66. The molecule has 0 aromatic carbocycles. The summed E-state index contributed by atoms with van der Waals surface area (Å²) in [5.41, 5.74) is 0. The van der Waals surface area contributed by atoms with Crippen LogP contribution in [0.1, 0.15) is 188 Å². The molecule has 0 aromatic heterocycles. The van der Waals surface area contributed by atoms with Crippen LogP contribution in [-0.4, -0.2) is 0 Å². The molecule has 2 atom stereocenters. The first-order valence-corrected chi connectivity index (χ1v) is 15.6. The molecule has 0 aliphatic heterocycles. The second-order valence-electron chi connectivity index (χ2n) is 11.3. The zero-order chi connectivity index (χ0) is 24.2. The summed E-state index contributed by atoms with van der Waals surface area (Å²) in [4.78, 5) is 0. The zero-order valence-corrected chi connectivity index (χ0v) is 23.5. The maximum Gasteiger partial charge on any atom is 0.0621 e. The van der Waals surface area contributed by atoms with E-state index in [0.29, 0.717) is 0 Å². The Balaban J connectivity index is 3.15. The van der Waals surface area contributed by atoms with Gasteiger partial charge in [0, 0.05) is 6.42 Å². The molecule has 0 radical (unpaired) electrons. The van der Waals surface area contributed by atoms with Crippen molar-refractivity contribution in [2.45, 2.75) is 188 Å². The van der Waals surface area contributed by atoms with Crippen LogP contribution in [0, 0.1) is 23.2 Å². The molecule has 0 aliphatic carbocycles. The second-order valence-corrected chi connectivity index (χ2v) is 11.3. The molecule has 0 fully saturated rings. The Morgan fingerprint density at radius 2 is 0.697 bits per heavy atom. The molecule has 33 heavy (non-hydrogen) atoms. The van der Waals surface area contributed by atoms with Crippen molar-refractivity contribution < 1.29 is 0 Å². The molecule has 0 saturated carbocycles. The first kappa shape index (κ1) is 32.5. The van der Waals surface area contributed by atoms with Crippen molar-refractivity contribution in [2.24, 2.45) is 11.8 Å². The number of nitriles is 1. The molecule has 0 saturated heterocycles. The van der Waals surface area contributed by atoms with Crippen LogP contribution in [0.4, 0.5) is 0 Å². The highest BCUT2D eigenvalue weighted by Gasteiger charge is 2.04. The fraction of sp³-hybridized carbons (Fsp3) is 0.969. The van der Waals surface area contributed by atoms with Gasteiger partial charge in [0.05, 0.1) is 6.07 Å². The Morgan fingerprint density at radius 3 is 1.03 bits per heavy atom. The highest BCUT2D eigenvalue weighted by Crippen LogP contribution is 2.20. The standard InChI is InChI=1S/C32H63N/c1-4-26-31(2)27-23-21-24-29-32(3)28-22-19-17-15-13-11-9-7-5-6-8-10-12-14-16-18-20-25-30-33/h31-32H,4-29H2,1-3H3. The van der Waals surface area contributed by atoms with E-state index in [-0.39, 0.29) is 0 Å². The third kappa shape index (κ3) is 27.6. The highest BCUT2D eigenvalue weighted by molar-refractivity contribution is 4.67. The van der Waals surface area contributed by atoms with Crippen LogP contribution in [0.25, 0.3) is 0 Å². The van der Waals surface area contributed by atoms with Crippen LogP contribution in [-0.2, 0) is 0 Å². The fourth-order valence-corrected chi connectivity index (χ4v) is 5.29. The van der Waals surface area contributed by atoms with Gasteiger partial charge in [-0.1, -0.05) is 175 Å². The van der Waals surface area contributed by atoms with Crippen molar-refractivity contribution in [3.05, 3.63) is 0 Å². The van der Waals surface area contributed by atoms with Crippen molar-refractivity contribution >= 4 is 0 Å². The fourth-order valence-electron chi connectivity index (χ4n) is 5.29. The number of rotatable bonds is 27. The lowest BCUT2D eigenvalue weighted by molar-refractivity contribution is 0.414. The van der Waals surface area contributed by atoms with E-state index < -0.39 is 0 Å². The van der Waals surface area contributed by atoms with Gasteiger partial charge in [-0.25, -0.2) is 0 Å². The summed E-state index contributed by atoms with van der Waals surface area (Å²) in [5.74, 6) is 1.90. The highest BCUT2D eigenvalue weighted by atomic mass is 14.2. The van der Waals surface area contributed by atoms with Crippen LogP contribution in [0.15, 0.2) is 0 Å². The molecule has 0 rings (SSSR count). The molecular weight excluding hydrogens is 398 g/mol. The maximum absolute atomic E-state index is 8.52. The smallest absolute Gasteiger partial charge is 0.0621 e. The Labute approximate surface area is 210 Å². The van der Waals surface area contributed by atoms with Gasteiger partial charge in [0.1, 0.15) is 0 Å². The Hall–Kier alpha value is -0.510. The lowest BCUT2D eigenvalue weighted by Gasteiger charge is -2.12. The lowest BCUT2D eigenvalue weighted by Crippen LogP contribution is -1.97. The van der Waals surface area contributed by atoms with Gasteiger partial charge in [-0.15, -0.1) is 0 Å². The van der Waals surface area contributed by atoms with E-state index in [1.54, 1.807) is 0 Å². The van der Waals surface area contributed by atoms with E-state index in [4.69, 9.17) is 5.26 Å². The van der Waals surface area contributed by atoms with Gasteiger partial charge < -0.3 is 0 Å². The summed E-state index contributed by atoms with van der Waals surface area (Å²) in [7, 11) is 0. The van der Waals surface area contributed by atoms with Crippen LogP contribution < -0.4 is 0 Å². The summed E-state index contributed by atoms with van der Waals surface area (Å²) in [5, 5.41) is 8.52. The summed E-state index contributed by atoms with van der Waals surface area (Å²) in [6.45, 7) is 7.23. The predicted octanol–water partition coefficient (Wildman–Crippen LogP) is 11.9. The minimum atomic E-state index is 0.748. The van der Waals surface area contributed by atoms with Gasteiger partial charge in [-0.3, -0.25) is 0 Å². The minimum Gasteiger partial charge on any atom is -0.198 e. The largest absolute Gasteiger partial charge is 0.198 e. The summed E-state index contributed by atoms with van der Waals surface area (Å²) in [6, 6.07) is 2.24. The molecule has 0 aromatic rings. The average molecular weight is 462 g/mol. The zero-order valence-electron chi connectivity index (χ0n) is 23.5. The summed E-state index contributed by atoms with van der Waals surface area (Å²) >= 11 is 0. The molecule has 2 unspecified atom stereocenters. The molecule has 0 bridgehead atoms. The Bertz CT molecular complexity index is 396. The van der Waals surface area contributed by atoms with Crippen molar-refractivity contribution in [3.8, 4) is 6.07 Å². The van der Waals surface area contributed by atoms with Crippen LogP contribution in [0.2, 0.25) is 0 Å². The number of unbranched alkanes of at least 4 members (excludes halogenated alkanes) is 19. The molecule has 196 valence electrons. The van der Waals surface area contributed by atoms with E-state index in [1.165, 1.54) is 154 Å². The maximum atomic E-state index is 8.52. The number of hydrogen-bond acceptors (Lipinski definition) is 1. The van der Waals surface area contributed by atoms with E-state index in [9.17, 15) is 0 Å². The van der Waals surface area contributed by atoms with Gasteiger partial charge in [0.2, 0.25) is 0 Å². The van der Waals surface area contributed by atoms with Gasteiger partial charge in [-0.2, -0.15) is 5.26 Å². The SMILES string of the molecule is CCCC(C)CCCCCC(C)CCCCCCCCCCCCCCCCCCCC#N. The normalized spacial score (nSPS) is 13.2. The molecule has 0 N–H and O–H groups in total. The van der Waals surface area contributed by atoms with Crippen LogP contribution >= 0.6 is 0 Å². The summed E-state index contributed by atoms with van der Waals surface area (Å²) in [6.07, 6.45) is 36.3. The Morgan fingerprint density at radius 1 is 0.424 bits per heavy atom. The average Bonchev–Trinajstić information content (AvgIpc) is 2.80. The summed E-state index contributed by atoms with van der Waals surface area (Å²) < 4.78 is 0. The predicted molar refractivity (Wildman–Crippen MR) is 150 cm³/mol. The molecule has 1 nitrogen and oxygen atoms in total. The molecule has 0 spiro atoms. The minimum absolute atomic E-state index is 0.748. The van der Waals surface area contributed by atoms with Gasteiger partial charge >= 0.3 is 0 Å². The van der Waals surface area contributed by atoms with E-state index >= 15 is 0 Å². The molecule has 0 heterocycles. The van der Waals surface area contributed by atoms with Gasteiger partial charge in [0.25, 0.3) is 0 Å². The van der Waals surface area contributed by atoms with E-state index in [0.717, 1.165) is 24.7 Å². The number of hydrogen-bond donors (Lipinski definition) is 0. The molecular formula is C32H63N. The topological polar surface area (TPSA) is 23.8 Å². The first-order valence-electron chi connectivity index (χ1n) is 15.6. The molecule has 1 heteroatoms. The van der Waals surface area contributed by atoms with Crippen LogP contribution in [0.3, 0.4) is 0 Å². The van der Waals surface area contributed by atoms with Crippen molar-refractivity contribution in [1.82, 2.24) is 0 Å². The van der Waals surface area contributed by atoms with Gasteiger partial charge in [0.15, 0.2) is 0 Å². The first-order chi connectivity index (χ1) is 16.2. The van der Waals surface area contributed by atoms with E-state index in [2.05, 4.69) is 26.8 Å². The quantitative estimate of drug-likeness (QED) is 0.112. The second kappa shape index (κ2) is 27.7. The monoisotopic (exact) mass is 461 g/mol. The lowest BCUT2D eigenvalue weighted by atomic mass is 9.94. The number of nitrogens with zero attached hydrogens (tertiary/aromatic N) is 1. The van der Waals surface area contributed by atoms with Gasteiger partial charge in [-0.05, 0) is 18.3 Å². The Kier molecular flexibility index (Phi) is 27.3.